The molecule has 0 aliphatic carbocycles. The summed E-state index contributed by atoms with van der Waals surface area (Å²) in [5, 5.41) is 2.88. The van der Waals surface area contributed by atoms with Gasteiger partial charge < -0.3 is 10.2 Å². The fraction of sp³-hybridized carbons (Fsp3) is 0.385. The zero-order valence-corrected chi connectivity index (χ0v) is 16.5. The number of amidine groups is 2. The van der Waals surface area contributed by atoms with E-state index >= 15 is 0 Å². The highest BCUT2D eigenvalue weighted by atomic mass is 35.6. The predicted octanol–water partition coefficient (Wildman–Crippen LogP) is 4.57. The van der Waals surface area contributed by atoms with Crippen molar-refractivity contribution >= 4 is 87.0 Å². The number of rotatable bonds is 2. The van der Waals surface area contributed by atoms with Crippen molar-refractivity contribution in [1.29, 1.82) is 0 Å². The maximum Gasteiger partial charge on any atom is 0.247 e. The molecule has 1 aliphatic rings. The summed E-state index contributed by atoms with van der Waals surface area (Å²) in [6.45, 7) is 0. The van der Waals surface area contributed by atoms with Crippen LogP contribution in [-0.2, 0) is 0 Å². The third kappa shape index (κ3) is 4.94. The SMILES string of the molecule is CN(C)c1ccc(C2=N[C@H](C(Cl)(Cl)Cl)N=C(C(Cl)(Cl)Cl)N2)cc1. The van der Waals surface area contributed by atoms with E-state index in [0.29, 0.717) is 5.84 Å². The van der Waals surface area contributed by atoms with Crippen LogP contribution in [0.1, 0.15) is 5.56 Å². The minimum absolute atomic E-state index is 0.0421. The monoisotopic (exact) mass is 434 g/mol. The second-order valence-electron chi connectivity index (χ2n) is 4.93. The Morgan fingerprint density at radius 2 is 1.52 bits per heavy atom. The van der Waals surface area contributed by atoms with Crippen LogP contribution in [0.2, 0.25) is 0 Å². The first-order valence-corrected chi connectivity index (χ1v) is 8.59. The van der Waals surface area contributed by atoms with Crippen LogP contribution in [0.3, 0.4) is 0 Å². The minimum atomic E-state index is -1.79. The Balaban J connectivity index is 2.39. The summed E-state index contributed by atoms with van der Waals surface area (Å²) in [6, 6.07) is 7.56. The van der Waals surface area contributed by atoms with E-state index in [1.54, 1.807) is 0 Å². The Hall–Kier alpha value is -0.100. The van der Waals surface area contributed by atoms with Gasteiger partial charge in [0.1, 0.15) is 5.84 Å². The zero-order chi connectivity index (χ0) is 17.4. The topological polar surface area (TPSA) is 40.0 Å². The van der Waals surface area contributed by atoms with E-state index in [1.165, 1.54) is 0 Å². The van der Waals surface area contributed by atoms with E-state index in [-0.39, 0.29) is 5.84 Å². The lowest BCUT2D eigenvalue weighted by atomic mass is 10.1. The lowest BCUT2D eigenvalue weighted by molar-refractivity contribution is 0.710. The molecule has 126 valence electrons. The highest BCUT2D eigenvalue weighted by Crippen LogP contribution is 2.37. The van der Waals surface area contributed by atoms with Crippen LogP contribution in [0.4, 0.5) is 5.69 Å². The smallest absolute Gasteiger partial charge is 0.247 e. The van der Waals surface area contributed by atoms with Gasteiger partial charge >= 0.3 is 0 Å². The van der Waals surface area contributed by atoms with Crippen molar-refractivity contribution in [3.05, 3.63) is 29.8 Å². The van der Waals surface area contributed by atoms with Gasteiger partial charge in [0.15, 0.2) is 12.0 Å². The summed E-state index contributed by atoms with van der Waals surface area (Å²) in [6.07, 6.45) is -1.03. The fourth-order valence-corrected chi connectivity index (χ4v) is 2.39. The van der Waals surface area contributed by atoms with E-state index in [2.05, 4.69) is 15.3 Å². The average Bonchev–Trinajstić information content (AvgIpc) is 2.45. The Bertz CT molecular complexity index is 627. The van der Waals surface area contributed by atoms with E-state index in [4.69, 9.17) is 69.6 Å². The maximum absolute atomic E-state index is 5.90. The molecule has 0 unspecified atom stereocenters. The maximum atomic E-state index is 5.90. The number of hydrogen-bond donors (Lipinski definition) is 1. The van der Waals surface area contributed by atoms with Gasteiger partial charge in [-0.2, -0.15) is 0 Å². The first-order valence-electron chi connectivity index (χ1n) is 6.33. The van der Waals surface area contributed by atoms with Gasteiger partial charge in [0.2, 0.25) is 7.59 Å². The third-order valence-corrected chi connectivity index (χ3v) is 4.08. The number of nitrogens with zero attached hydrogens (tertiary/aromatic N) is 3. The molecule has 4 nitrogen and oxygen atoms in total. The number of benzene rings is 1. The van der Waals surface area contributed by atoms with E-state index in [9.17, 15) is 0 Å². The second kappa shape index (κ2) is 7.03. The third-order valence-electron chi connectivity index (χ3n) is 2.96. The molecule has 10 heteroatoms. The summed E-state index contributed by atoms with van der Waals surface area (Å²) < 4.78 is -3.56. The standard InChI is InChI=1S/C13H12Cl6N4/c1-23(2)8-5-3-7(4-6-8)9-20-10(12(14,15)16)22-11(21-9)13(17,18)19/h3-6,10H,1-2H3,(H,20,21,22)/t10-/m0/s1. The van der Waals surface area contributed by atoms with Gasteiger partial charge in [-0.15, -0.1) is 0 Å². The van der Waals surface area contributed by atoms with Gasteiger partial charge in [0.05, 0.1) is 0 Å². The number of alkyl halides is 6. The minimum Gasteiger partial charge on any atom is -0.378 e. The average molecular weight is 437 g/mol. The first-order chi connectivity index (χ1) is 10.5. The molecular formula is C13H12Cl6N4. The highest BCUT2D eigenvalue weighted by Gasteiger charge is 2.39. The van der Waals surface area contributed by atoms with Gasteiger partial charge in [-0.05, 0) is 24.3 Å². The molecule has 0 fully saturated rings. The van der Waals surface area contributed by atoms with Crippen LogP contribution in [0.25, 0.3) is 0 Å². The van der Waals surface area contributed by atoms with E-state index in [1.807, 2.05) is 43.3 Å². The van der Waals surface area contributed by atoms with Crippen molar-refractivity contribution in [3.63, 3.8) is 0 Å². The number of hydrogen-bond acceptors (Lipinski definition) is 4. The molecular weight excluding hydrogens is 425 g/mol. The predicted molar refractivity (Wildman–Crippen MR) is 102 cm³/mol. The molecule has 0 bridgehead atoms. The molecule has 0 aromatic heterocycles. The van der Waals surface area contributed by atoms with Gasteiger partial charge in [0, 0.05) is 25.3 Å². The molecule has 1 N–H and O–H groups in total. The van der Waals surface area contributed by atoms with Gasteiger partial charge in [0.25, 0.3) is 0 Å². The highest BCUT2D eigenvalue weighted by molar-refractivity contribution is 6.77. The van der Waals surface area contributed by atoms with Crippen LogP contribution in [0.15, 0.2) is 34.3 Å². The molecule has 1 aromatic carbocycles. The van der Waals surface area contributed by atoms with Crippen LogP contribution in [0, 0.1) is 0 Å². The Kier molecular flexibility index (Phi) is 5.87. The molecule has 0 spiro atoms. The lowest BCUT2D eigenvalue weighted by Gasteiger charge is -2.28. The van der Waals surface area contributed by atoms with Gasteiger partial charge in [-0.25, -0.2) is 9.98 Å². The van der Waals surface area contributed by atoms with Crippen molar-refractivity contribution in [1.82, 2.24) is 5.32 Å². The summed E-state index contributed by atoms with van der Waals surface area (Å²) in [5.41, 5.74) is 1.77. The van der Waals surface area contributed by atoms with Crippen LogP contribution < -0.4 is 10.2 Å². The van der Waals surface area contributed by atoms with Crippen molar-refractivity contribution in [2.75, 3.05) is 19.0 Å². The molecule has 1 heterocycles. The quantitative estimate of drug-likeness (QED) is 0.690. The number of anilines is 1. The van der Waals surface area contributed by atoms with Crippen molar-refractivity contribution in [2.24, 2.45) is 9.98 Å². The van der Waals surface area contributed by atoms with Gasteiger partial charge in [-0.3, -0.25) is 0 Å². The van der Waals surface area contributed by atoms with Crippen LogP contribution in [-0.4, -0.2) is 39.5 Å². The summed E-state index contributed by atoms with van der Waals surface area (Å²) >= 11 is 35.4. The fourth-order valence-electron chi connectivity index (χ4n) is 1.80. The summed E-state index contributed by atoms with van der Waals surface area (Å²) in [5.74, 6) is 0.448. The molecule has 23 heavy (non-hydrogen) atoms. The lowest BCUT2D eigenvalue weighted by Crippen LogP contribution is -2.46. The Labute approximate surface area is 164 Å². The number of nitrogens with one attached hydrogen (secondary N) is 1. The molecule has 2 rings (SSSR count). The van der Waals surface area contributed by atoms with Crippen molar-refractivity contribution in [2.45, 2.75) is 13.8 Å². The van der Waals surface area contributed by atoms with E-state index < -0.39 is 13.8 Å². The normalized spacial score (nSPS) is 18.9. The van der Waals surface area contributed by atoms with Gasteiger partial charge in [-0.1, -0.05) is 69.6 Å². The second-order valence-corrected chi connectivity index (χ2v) is 9.58. The number of aliphatic imine (C=N–C) groups is 2. The van der Waals surface area contributed by atoms with Crippen molar-refractivity contribution in [3.8, 4) is 0 Å². The zero-order valence-electron chi connectivity index (χ0n) is 12.0. The molecule has 0 saturated carbocycles. The summed E-state index contributed by atoms with van der Waals surface area (Å²) in [4.78, 5) is 10.3. The largest absolute Gasteiger partial charge is 0.378 e. The molecule has 1 aliphatic heterocycles. The van der Waals surface area contributed by atoms with Crippen LogP contribution >= 0.6 is 69.6 Å². The molecule has 0 amide bonds. The summed E-state index contributed by atoms with van der Waals surface area (Å²) in [7, 11) is 3.88. The molecule has 0 radical (unpaired) electrons. The number of halogens is 6. The Morgan fingerprint density at radius 1 is 0.957 bits per heavy atom. The van der Waals surface area contributed by atoms with E-state index in [0.717, 1.165) is 11.3 Å². The van der Waals surface area contributed by atoms with Crippen LogP contribution in [0.5, 0.6) is 0 Å². The Morgan fingerprint density at radius 3 is 1.96 bits per heavy atom. The molecule has 1 aromatic rings. The molecule has 0 saturated heterocycles. The first kappa shape index (κ1) is 19.2. The van der Waals surface area contributed by atoms with Crippen molar-refractivity contribution < 1.29 is 0 Å². The molecule has 1 atom stereocenters.